The molecule has 8 heteroatoms. The molecule has 0 amide bonds. The number of ether oxygens (including phenoxy) is 1. The predicted octanol–water partition coefficient (Wildman–Crippen LogP) is 3.80. The van der Waals surface area contributed by atoms with Crippen LogP contribution >= 0.6 is 11.6 Å². The molecule has 1 fully saturated rings. The molecule has 0 N–H and O–H groups in total. The molecule has 0 spiro atoms. The molecule has 2 aromatic heterocycles. The van der Waals surface area contributed by atoms with Gasteiger partial charge < -0.3 is 13.8 Å². The number of carbonyl (C=O) groups is 2. The predicted molar refractivity (Wildman–Crippen MR) is 96.4 cm³/mol. The van der Waals surface area contributed by atoms with Crippen molar-refractivity contribution in [2.24, 2.45) is 0 Å². The summed E-state index contributed by atoms with van der Waals surface area (Å²) >= 11 is 6.38. The van der Waals surface area contributed by atoms with Gasteiger partial charge in [-0.3, -0.25) is 4.79 Å². The normalized spacial score (nSPS) is 13.6. The number of nitrogens with zero attached hydrogens (tertiary/aromatic N) is 3. The molecule has 0 aliphatic heterocycles. The van der Waals surface area contributed by atoms with Gasteiger partial charge >= 0.3 is 5.97 Å². The molecular weight excluding hydrogens is 370 g/mol. The molecule has 7 nitrogen and oxygen atoms in total. The van der Waals surface area contributed by atoms with E-state index in [1.807, 2.05) is 0 Å². The van der Waals surface area contributed by atoms with Gasteiger partial charge in [-0.1, -0.05) is 16.8 Å². The number of rotatable bonds is 6. The van der Waals surface area contributed by atoms with Gasteiger partial charge in [-0.2, -0.15) is 0 Å². The molecule has 138 valence electrons. The molecule has 0 radical (unpaired) electrons. The Morgan fingerprint density at radius 2 is 2.19 bits per heavy atom. The summed E-state index contributed by atoms with van der Waals surface area (Å²) in [5.41, 5.74) is 1.09. The molecule has 1 aliphatic rings. The lowest BCUT2D eigenvalue weighted by atomic mass is 9.99. The number of aromatic nitrogens is 3. The number of carbonyl (C=O) groups excluding carboxylic acids is 2. The van der Waals surface area contributed by atoms with Crippen molar-refractivity contribution < 1.29 is 18.8 Å². The Kier molecular flexibility index (Phi) is 4.53. The fourth-order valence-electron chi connectivity index (χ4n) is 2.88. The number of esters is 1. The largest absolute Gasteiger partial charge is 0.461 e. The highest BCUT2D eigenvalue weighted by atomic mass is 35.5. The fraction of sp³-hybridized carbons (Fsp3) is 0.263. The van der Waals surface area contributed by atoms with Crippen LogP contribution in [0.15, 0.2) is 41.4 Å². The first kappa shape index (κ1) is 17.5. The third-order valence-electron chi connectivity index (χ3n) is 4.36. The standard InChI is InChI=1S/C19H16ClN3O4/c1-2-26-19(25)16-15(18(27-22-16)11-3-4-11)17(24)13-6-5-12(9-14(13)20)23-8-7-21-10-23/h5-11H,2-4H2,1H3. The number of hydrogen-bond acceptors (Lipinski definition) is 6. The van der Waals surface area contributed by atoms with E-state index in [-0.39, 0.29) is 34.4 Å². The Morgan fingerprint density at radius 3 is 2.81 bits per heavy atom. The second kappa shape index (κ2) is 7.00. The van der Waals surface area contributed by atoms with Gasteiger partial charge in [0.15, 0.2) is 5.76 Å². The minimum atomic E-state index is -0.678. The quantitative estimate of drug-likeness (QED) is 0.473. The Balaban J connectivity index is 1.74. The Hall–Kier alpha value is -2.93. The summed E-state index contributed by atoms with van der Waals surface area (Å²) in [7, 11) is 0. The van der Waals surface area contributed by atoms with E-state index in [9.17, 15) is 9.59 Å². The number of ketones is 1. The first-order valence-electron chi connectivity index (χ1n) is 8.59. The second-order valence-corrected chi connectivity index (χ2v) is 6.64. The maximum Gasteiger partial charge on any atom is 0.361 e. The number of benzene rings is 1. The molecule has 1 aliphatic carbocycles. The molecule has 27 heavy (non-hydrogen) atoms. The van der Waals surface area contributed by atoms with Crippen LogP contribution in [0.4, 0.5) is 0 Å². The lowest BCUT2D eigenvalue weighted by molar-refractivity contribution is 0.0512. The lowest BCUT2D eigenvalue weighted by Crippen LogP contribution is -2.13. The highest BCUT2D eigenvalue weighted by Gasteiger charge is 2.37. The molecule has 1 aromatic carbocycles. The van der Waals surface area contributed by atoms with Crippen molar-refractivity contribution in [2.75, 3.05) is 6.61 Å². The van der Waals surface area contributed by atoms with Crippen LogP contribution < -0.4 is 0 Å². The van der Waals surface area contributed by atoms with Crippen LogP contribution in [0.5, 0.6) is 0 Å². The van der Waals surface area contributed by atoms with Crippen LogP contribution in [0.3, 0.4) is 0 Å². The minimum absolute atomic E-state index is 0.0986. The van der Waals surface area contributed by atoms with E-state index < -0.39 is 11.8 Å². The van der Waals surface area contributed by atoms with Crippen molar-refractivity contribution >= 4 is 23.4 Å². The summed E-state index contributed by atoms with van der Waals surface area (Å²) in [6, 6.07) is 5.05. The highest BCUT2D eigenvalue weighted by molar-refractivity contribution is 6.35. The average molecular weight is 386 g/mol. The van der Waals surface area contributed by atoms with Gasteiger partial charge in [0, 0.05) is 29.6 Å². The molecule has 3 aromatic rings. The molecular formula is C19H16ClN3O4. The topological polar surface area (TPSA) is 87.2 Å². The first-order valence-corrected chi connectivity index (χ1v) is 8.97. The minimum Gasteiger partial charge on any atom is -0.461 e. The van der Waals surface area contributed by atoms with Crippen molar-refractivity contribution in [3.05, 3.63) is 64.5 Å². The van der Waals surface area contributed by atoms with E-state index >= 15 is 0 Å². The van der Waals surface area contributed by atoms with Gasteiger partial charge in [-0.05, 0) is 38.0 Å². The van der Waals surface area contributed by atoms with Crippen molar-refractivity contribution in [1.29, 1.82) is 0 Å². The van der Waals surface area contributed by atoms with Crippen molar-refractivity contribution in [3.63, 3.8) is 0 Å². The third kappa shape index (κ3) is 3.26. The molecule has 0 atom stereocenters. The van der Waals surface area contributed by atoms with E-state index in [0.29, 0.717) is 5.76 Å². The SMILES string of the molecule is CCOC(=O)c1noc(C2CC2)c1C(=O)c1ccc(-n2ccnc2)cc1Cl. The monoisotopic (exact) mass is 385 g/mol. The van der Waals surface area contributed by atoms with Gasteiger partial charge in [-0.25, -0.2) is 9.78 Å². The summed E-state index contributed by atoms with van der Waals surface area (Å²) in [5.74, 6) is -0.549. The van der Waals surface area contributed by atoms with Crippen molar-refractivity contribution in [1.82, 2.24) is 14.7 Å². The van der Waals surface area contributed by atoms with E-state index in [1.54, 1.807) is 48.4 Å². The zero-order chi connectivity index (χ0) is 19.0. The Bertz CT molecular complexity index is 1010. The molecule has 0 unspecified atom stereocenters. The van der Waals surface area contributed by atoms with Crippen LogP contribution in [-0.4, -0.2) is 33.1 Å². The summed E-state index contributed by atoms with van der Waals surface area (Å²) < 4.78 is 12.1. The lowest BCUT2D eigenvalue weighted by Gasteiger charge is -2.08. The van der Waals surface area contributed by atoms with E-state index in [2.05, 4.69) is 10.1 Å². The smallest absolute Gasteiger partial charge is 0.361 e. The number of halogens is 1. The van der Waals surface area contributed by atoms with Gasteiger partial charge in [0.1, 0.15) is 5.56 Å². The zero-order valence-electron chi connectivity index (χ0n) is 14.5. The molecule has 4 rings (SSSR count). The van der Waals surface area contributed by atoms with Crippen molar-refractivity contribution in [2.45, 2.75) is 25.7 Å². The average Bonchev–Trinajstić information content (AvgIpc) is 3.19. The molecule has 0 bridgehead atoms. The third-order valence-corrected chi connectivity index (χ3v) is 4.68. The number of imidazole rings is 1. The second-order valence-electron chi connectivity index (χ2n) is 6.23. The van der Waals surface area contributed by atoms with E-state index in [1.165, 1.54) is 0 Å². The van der Waals surface area contributed by atoms with Crippen LogP contribution in [0.25, 0.3) is 5.69 Å². The van der Waals surface area contributed by atoms with Crippen LogP contribution in [-0.2, 0) is 4.74 Å². The first-order chi connectivity index (χ1) is 13.1. The van der Waals surface area contributed by atoms with Crippen LogP contribution in [0.1, 0.15) is 57.9 Å². The summed E-state index contributed by atoms with van der Waals surface area (Å²) in [6.45, 7) is 1.87. The maximum atomic E-state index is 13.2. The van der Waals surface area contributed by atoms with E-state index in [0.717, 1.165) is 18.5 Å². The maximum absolute atomic E-state index is 13.2. The molecule has 0 saturated heterocycles. The Labute approximate surface area is 159 Å². The Morgan fingerprint density at radius 1 is 1.37 bits per heavy atom. The van der Waals surface area contributed by atoms with Gasteiger partial charge in [-0.15, -0.1) is 0 Å². The van der Waals surface area contributed by atoms with Gasteiger partial charge in [0.05, 0.1) is 18.0 Å². The summed E-state index contributed by atoms with van der Waals surface area (Å²) in [4.78, 5) is 29.4. The van der Waals surface area contributed by atoms with Gasteiger partial charge in [0.25, 0.3) is 0 Å². The zero-order valence-corrected chi connectivity index (χ0v) is 15.3. The van der Waals surface area contributed by atoms with Crippen LogP contribution in [0.2, 0.25) is 5.02 Å². The summed E-state index contributed by atoms with van der Waals surface area (Å²) in [6.07, 6.45) is 6.85. The van der Waals surface area contributed by atoms with Gasteiger partial charge in [0.2, 0.25) is 11.5 Å². The highest BCUT2D eigenvalue weighted by Crippen LogP contribution is 2.43. The number of hydrogen-bond donors (Lipinski definition) is 0. The van der Waals surface area contributed by atoms with Crippen LogP contribution in [0, 0.1) is 0 Å². The van der Waals surface area contributed by atoms with E-state index in [4.69, 9.17) is 20.9 Å². The molecule has 2 heterocycles. The van der Waals surface area contributed by atoms with Crippen molar-refractivity contribution in [3.8, 4) is 5.69 Å². The summed E-state index contributed by atoms with van der Waals surface area (Å²) in [5, 5.41) is 4.07. The fourth-order valence-corrected chi connectivity index (χ4v) is 3.14. The molecule has 1 saturated carbocycles.